The van der Waals surface area contributed by atoms with Gasteiger partial charge < -0.3 is 9.64 Å². The lowest BCUT2D eigenvalue weighted by atomic mass is 10.2. The van der Waals surface area contributed by atoms with Crippen LogP contribution in [0.1, 0.15) is 11.1 Å². The van der Waals surface area contributed by atoms with Gasteiger partial charge in [0.05, 0.1) is 19.3 Å². The Hall–Kier alpha value is -3.34. The maximum atomic E-state index is 5.83. The summed E-state index contributed by atoms with van der Waals surface area (Å²) >= 11 is 0. The van der Waals surface area contributed by atoms with Crippen LogP contribution in [0.2, 0.25) is 0 Å². The molecule has 2 heterocycles. The number of aromatic nitrogens is 1. The molecule has 0 N–H and O–H groups in total. The molecule has 0 aliphatic carbocycles. The first kappa shape index (κ1) is 18.0. The lowest BCUT2D eigenvalue weighted by Gasteiger charge is -2.33. The summed E-state index contributed by atoms with van der Waals surface area (Å²) in [4.78, 5) is 6.72. The molecule has 0 bridgehead atoms. The average Bonchev–Trinajstić information content (AvgIpc) is 2.79. The summed E-state index contributed by atoms with van der Waals surface area (Å²) in [5.41, 5.74) is 2.23. The molecule has 3 aromatic rings. The summed E-state index contributed by atoms with van der Waals surface area (Å²) in [7, 11) is 0. The summed E-state index contributed by atoms with van der Waals surface area (Å²) in [6, 6.07) is 24.3. The second kappa shape index (κ2) is 9.04. The zero-order valence-electron chi connectivity index (χ0n) is 15.8. The van der Waals surface area contributed by atoms with E-state index >= 15 is 0 Å². The second-order valence-electron chi connectivity index (χ2n) is 6.72. The molecule has 5 nitrogen and oxygen atoms in total. The lowest BCUT2D eigenvalue weighted by molar-refractivity contribution is 0.271. The first-order chi connectivity index (χ1) is 13.9. The summed E-state index contributed by atoms with van der Waals surface area (Å²) in [5, 5.41) is 6.74. The molecule has 0 spiro atoms. The molecule has 1 aliphatic heterocycles. The highest BCUT2D eigenvalue weighted by Gasteiger charge is 2.16. The molecule has 4 rings (SSSR count). The van der Waals surface area contributed by atoms with Gasteiger partial charge in [-0.2, -0.15) is 5.10 Å². The minimum Gasteiger partial charge on any atom is -0.489 e. The van der Waals surface area contributed by atoms with Gasteiger partial charge in [-0.3, -0.25) is 5.01 Å². The third kappa shape index (κ3) is 4.88. The van der Waals surface area contributed by atoms with E-state index in [4.69, 9.17) is 4.74 Å². The number of ether oxygens (including phenoxy) is 1. The van der Waals surface area contributed by atoms with Gasteiger partial charge in [0.1, 0.15) is 18.2 Å². The Balaban J connectivity index is 1.26. The van der Waals surface area contributed by atoms with Crippen molar-refractivity contribution in [2.45, 2.75) is 6.61 Å². The van der Waals surface area contributed by atoms with Crippen molar-refractivity contribution in [2.75, 3.05) is 31.1 Å². The fourth-order valence-electron chi connectivity index (χ4n) is 3.12. The average molecular weight is 372 g/mol. The van der Waals surface area contributed by atoms with Crippen LogP contribution >= 0.6 is 0 Å². The first-order valence-corrected chi connectivity index (χ1v) is 9.58. The van der Waals surface area contributed by atoms with Crippen molar-refractivity contribution in [3.8, 4) is 5.75 Å². The van der Waals surface area contributed by atoms with Gasteiger partial charge in [0.15, 0.2) is 0 Å². The van der Waals surface area contributed by atoms with E-state index in [1.54, 1.807) is 0 Å². The Bertz CT molecular complexity index is 873. The number of benzene rings is 2. The van der Waals surface area contributed by atoms with Gasteiger partial charge in [-0.1, -0.05) is 36.4 Å². The van der Waals surface area contributed by atoms with Crippen molar-refractivity contribution >= 4 is 12.0 Å². The molecule has 28 heavy (non-hydrogen) atoms. The molecule has 0 unspecified atom stereocenters. The quantitative estimate of drug-likeness (QED) is 0.617. The van der Waals surface area contributed by atoms with Crippen molar-refractivity contribution in [1.82, 2.24) is 9.99 Å². The molecule has 1 saturated heterocycles. The summed E-state index contributed by atoms with van der Waals surface area (Å²) in [6.07, 6.45) is 3.75. The van der Waals surface area contributed by atoms with E-state index in [1.165, 1.54) is 0 Å². The first-order valence-electron chi connectivity index (χ1n) is 9.58. The number of pyridine rings is 1. The molecule has 1 aromatic heterocycles. The topological polar surface area (TPSA) is 41.0 Å². The van der Waals surface area contributed by atoms with Gasteiger partial charge in [-0.05, 0) is 47.5 Å². The zero-order valence-corrected chi connectivity index (χ0v) is 15.8. The van der Waals surface area contributed by atoms with Crippen molar-refractivity contribution in [3.05, 3.63) is 90.1 Å². The fraction of sp³-hybridized carbons (Fsp3) is 0.217. The smallest absolute Gasteiger partial charge is 0.128 e. The van der Waals surface area contributed by atoms with E-state index in [0.717, 1.165) is 48.9 Å². The molecule has 0 amide bonds. The van der Waals surface area contributed by atoms with Crippen LogP contribution in [0.15, 0.2) is 84.1 Å². The molecule has 1 fully saturated rings. The van der Waals surface area contributed by atoms with E-state index in [2.05, 4.69) is 38.2 Å². The number of anilines is 1. The molecule has 5 heteroatoms. The van der Waals surface area contributed by atoms with Crippen LogP contribution in [0.25, 0.3) is 0 Å². The predicted molar refractivity (Wildman–Crippen MR) is 113 cm³/mol. The van der Waals surface area contributed by atoms with Gasteiger partial charge >= 0.3 is 0 Å². The molecule has 142 valence electrons. The van der Waals surface area contributed by atoms with Crippen LogP contribution in [-0.4, -0.2) is 42.4 Å². The second-order valence-corrected chi connectivity index (χ2v) is 6.72. The number of hydrogen-bond acceptors (Lipinski definition) is 5. The SMILES string of the molecule is C(=NN1CCN(c2ccccn2)CC1)c1ccc(OCc2ccccc2)cc1. The third-order valence-electron chi connectivity index (χ3n) is 4.73. The van der Waals surface area contributed by atoms with Crippen LogP contribution in [-0.2, 0) is 6.61 Å². The monoisotopic (exact) mass is 372 g/mol. The van der Waals surface area contributed by atoms with E-state index in [1.807, 2.05) is 67.0 Å². The van der Waals surface area contributed by atoms with Crippen LogP contribution in [0.3, 0.4) is 0 Å². The highest BCUT2D eigenvalue weighted by Crippen LogP contribution is 2.15. The Kier molecular flexibility index (Phi) is 5.83. The van der Waals surface area contributed by atoms with E-state index < -0.39 is 0 Å². The van der Waals surface area contributed by atoms with E-state index in [-0.39, 0.29) is 0 Å². The maximum absolute atomic E-state index is 5.83. The molecular weight excluding hydrogens is 348 g/mol. The molecular formula is C23H24N4O. The van der Waals surface area contributed by atoms with Gasteiger partial charge in [-0.25, -0.2) is 4.98 Å². The predicted octanol–water partition coefficient (Wildman–Crippen LogP) is 3.82. The molecule has 2 aromatic carbocycles. The minimum absolute atomic E-state index is 0.578. The van der Waals surface area contributed by atoms with Crippen molar-refractivity contribution in [2.24, 2.45) is 5.10 Å². The molecule has 0 saturated carbocycles. The number of piperazine rings is 1. The maximum Gasteiger partial charge on any atom is 0.128 e. The van der Waals surface area contributed by atoms with Crippen LogP contribution in [0.4, 0.5) is 5.82 Å². The van der Waals surface area contributed by atoms with Crippen molar-refractivity contribution in [1.29, 1.82) is 0 Å². The Labute approximate surface area is 165 Å². The number of hydrogen-bond donors (Lipinski definition) is 0. The largest absolute Gasteiger partial charge is 0.489 e. The summed E-state index contributed by atoms with van der Waals surface area (Å²) in [5.74, 6) is 1.90. The standard InChI is InChI=1S/C23H24N4O/c1-2-6-21(7-3-1)19-28-22-11-9-20(10-12-22)18-25-27-16-14-26(15-17-27)23-8-4-5-13-24-23/h1-13,18H,14-17,19H2. The van der Waals surface area contributed by atoms with Gasteiger partial charge in [0.2, 0.25) is 0 Å². The van der Waals surface area contributed by atoms with E-state index in [0.29, 0.717) is 6.61 Å². The summed E-state index contributed by atoms with van der Waals surface area (Å²) < 4.78 is 5.83. The highest BCUT2D eigenvalue weighted by molar-refractivity contribution is 5.79. The third-order valence-corrected chi connectivity index (χ3v) is 4.73. The van der Waals surface area contributed by atoms with Gasteiger partial charge in [0.25, 0.3) is 0 Å². The van der Waals surface area contributed by atoms with Crippen LogP contribution < -0.4 is 9.64 Å². The normalized spacial score (nSPS) is 14.4. The lowest BCUT2D eigenvalue weighted by Crippen LogP contribution is -2.44. The number of hydrazone groups is 1. The Morgan fingerprint density at radius 2 is 1.61 bits per heavy atom. The minimum atomic E-state index is 0.578. The molecule has 0 atom stereocenters. The Morgan fingerprint density at radius 1 is 0.857 bits per heavy atom. The van der Waals surface area contributed by atoms with Crippen LogP contribution in [0, 0.1) is 0 Å². The Morgan fingerprint density at radius 3 is 2.32 bits per heavy atom. The van der Waals surface area contributed by atoms with Crippen molar-refractivity contribution < 1.29 is 4.74 Å². The van der Waals surface area contributed by atoms with Gasteiger partial charge in [-0.15, -0.1) is 0 Å². The van der Waals surface area contributed by atoms with E-state index in [9.17, 15) is 0 Å². The number of nitrogens with zero attached hydrogens (tertiary/aromatic N) is 4. The van der Waals surface area contributed by atoms with Crippen molar-refractivity contribution in [3.63, 3.8) is 0 Å². The highest BCUT2D eigenvalue weighted by atomic mass is 16.5. The fourth-order valence-corrected chi connectivity index (χ4v) is 3.12. The zero-order chi connectivity index (χ0) is 19.0. The van der Waals surface area contributed by atoms with Gasteiger partial charge in [0, 0.05) is 19.3 Å². The molecule has 1 aliphatic rings. The number of rotatable bonds is 6. The molecule has 0 radical (unpaired) electrons. The summed E-state index contributed by atoms with van der Waals surface area (Å²) in [6.45, 7) is 4.23. The van der Waals surface area contributed by atoms with Crippen LogP contribution in [0.5, 0.6) is 5.75 Å².